The Morgan fingerprint density at radius 3 is 2.35 bits per heavy atom. The van der Waals surface area contributed by atoms with E-state index in [1.165, 1.54) is 11.4 Å². The van der Waals surface area contributed by atoms with Crippen LogP contribution in [0, 0.1) is 6.92 Å². The SMILES string of the molecule is CCCCNC(=O)[C@@H](CC)N(Cc1ccc(C)cc1)C(=O)CCCN(c1cccc(OC)c1)S(C)(=O)=O. The minimum Gasteiger partial charge on any atom is -0.497 e. The van der Waals surface area contributed by atoms with E-state index in [9.17, 15) is 18.0 Å². The van der Waals surface area contributed by atoms with Gasteiger partial charge in [0.15, 0.2) is 0 Å². The lowest BCUT2D eigenvalue weighted by Crippen LogP contribution is -2.49. The van der Waals surface area contributed by atoms with E-state index in [1.807, 2.05) is 38.1 Å². The number of rotatable bonds is 15. The van der Waals surface area contributed by atoms with Crippen LogP contribution in [0.1, 0.15) is 57.1 Å². The highest BCUT2D eigenvalue weighted by Crippen LogP contribution is 2.24. The fourth-order valence-electron chi connectivity index (χ4n) is 4.09. The van der Waals surface area contributed by atoms with Crippen LogP contribution < -0.4 is 14.4 Å². The molecule has 0 aromatic heterocycles. The minimum absolute atomic E-state index is 0.112. The van der Waals surface area contributed by atoms with Crippen molar-refractivity contribution in [2.45, 2.75) is 65.5 Å². The van der Waals surface area contributed by atoms with Crippen molar-refractivity contribution in [2.24, 2.45) is 0 Å². The molecule has 2 aromatic carbocycles. The minimum atomic E-state index is -3.57. The number of anilines is 1. The number of amides is 2. The topological polar surface area (TPSA) is 96.0 Å². The number of nitrogens with one attached hydrogen (secondary N) is 1. The Morgan fingerprint density at radius 1 is 1.05 bits per heavy atom. The molecular weight excluding hydrogens is 490 g/mol. The first kappa shape index (κ1) is 30.2. The Bertz CT molecular complexity index is 1120. The average Bonchev–Trinajstić information content (AvgIpc) is 2.87. The number of ether oxygens (including phenoxy) is 1. The van der Waals surface area contributed by atoms with Crippen LogP contribution in [0.2, 0.25) is 0 Å². The monoisotopic (exact) mass is 531 g/mol. The number of sulfonamides is 1. The fraction of sp³-hybridized carbons (Fsp3) is 0.500. The van der Waals surface area contributed by atoms with Crippen molar-refractivity contribution in [3.05, 3.63) is 59.7 Å². The number of nitrogens with zero attached hydrogens (tertiary/aromatic N) is 2. The predicted molar refractivity (Wildman–Crippen MR) is 148 cm³/mol. The summed E-state index contributed by atoms with van der Waals surface area (Å²) < 4.78 is 31.5. The van der Waals surface area contributed by atoms with Crippen molar-refractivity contribution in [1.82, 2.24) is 10.2 Å². The first-order valence-corrected chi connectivity index (χ1v) is 14.7. The van der Waals surface area contributed by atoms with E-state index in [2.05, 4.69) is 12.2 Å². The molecule has 0 aliphatic rings. The number of benzene rings is 2. The molecular formula is C28H41N3O5S. The number of aryl methyl sites for hydroxylation is 1. The molecule has 0 saturated heterocycles. The number of carbonyl (C=O) groups is 2. The van der Waals surface area contributed by atoms with E-state index >= 15 is 0 Å². The van der Waals surface area contributed by atoms with E-state index in [4.69, 9.17) is 4.74 Å². The van der Waals surface area contributed by atoms with Gasteiger partial charge < -0.3 is 15.0 Å². The normalized spacial score (nSPS) is 12.0. The van der Waals surface area contributed by atoms with Crippen LogP contribution in [0.3, 0.4) is 0 Å². The third-order valence-corrected chi connectivity index (χ3v) is 7.38. The van der Waals surface area contributed by atoms with E-state index in [0.717, 1.165) is 30.2 Å². The van der Waals surface area contributed by atoms with Crippen molar-refractivity contribution >= 4 is 27.5 Å². The molecule has 0 fully saturated rings. The average molecular weight is 532 g/mol. The third-order valence-electron chi connectivity index (χ3n) is 6.18. The molecule has 1 atom stereocenters. The highest BCUT2D eigenvalue weighted by Gasteiger charge is 2.28. The highest BCUT2D eigenvalue weighted by molar-refractivity contribution is 7.92. The summed E-state index contributed by atoms with van der Waals surface area (Å²) >= 11 is 0. The molecule has 204 valence electrons. The van der Waals surface area contributed by atoms with Crippen LogP contribution in [-0.2, 0) is 26.2 Å². The van der Waals surface area contributed by atoms with Crippen molar-refractivity contribution in [1.29, 1.82) is 0 Å². The molecule has 2 amide bonds. The molecule has 0 saturated carbocycles. The Kier molecular flexibility index (Phi) is 11.9. The van der Waals surface area contributed by atoms with Crippen molar-refractivity contribution < 1.29 is 22.7 Å². The molecule has 0 radical (unpaired) electrons. The summed E-state index contributed by atoms with van der Waals surface area (Å²) in [6.07, 6.45) is 3.88. The Hall–Kier alpha value is -3.07. The number of carbonyl (C=O) groups excluding carboxylic acids is 2. The molecule has 0 spiro atoms. The van der Waals surface area contributed by atoms with Gasteiger partial charge in [0.05, 0.1) is 19.1 Å². The maximum Gasteiger partial charge on any atom is 0.242 e. The summed E-state index contributed by atoms with van der Waals surface area (Å²) in [6.45, 7) is 6.97. The van der Waals surface area contributed by atoms with E-state index in [0.29, 0.717) is 37.4 Å². The van der Waals surface area contributed by atoms with Gasteiger partial charge in [-0.25, -0.2) is 8.42 Å². The summed E-state index contributed by atoms with van der Waals surface area (Å²) in [5.41, 5.74) is 2.53. The van der Waals surface area contributed by atoms with Crippen molar-refractivity contribution in [3.8, 4) is 5.75 Å². The number of hydrogen-bond donors (Lipinski definition) is 1. The van der Waals surface area contributed by atoms with Gasteiger partial charge in [-0.15, -0.1) is 0 Å². The first-order valence-electron chi connectivity index (χ1n) is 12.8. The van der Waals surface area contributed by atoms with Gasteiger partial charge in [-0.05, 0) is 43.9 Å². The first-order chi connectivity index (χ1) is 17.6. The highest BCUT2D eigenvalue weighted by atomic mass is 32.2. The lowest BCUT2D eigenvalue weighted by atomic mass is 10.1. The van der Waals surface area contributed by atoms with Crippen LogP contribution >= 0.6 is 0 Å². The lowest BCUT2D eigenvalue weighted by molar-refractivity contribution is -0.141. The predicted octanol–water partition coefficient (Wildman–Crippen LogP) is 4.27. The largest absolute Gasteiger partial charge is 0.497 e. The zero-order chi connectivity index (χ0) is 27.4. The van der Waals surface area contributed by atoms with Crippen LogP contribution in [0.4, 0.5) is 5.69 Å². The third kappa shape index (κ3) is 9.39. The lowest BCUT2D eigenvalue weighted by Gasteiger charge is -2.31. The zero-order valence-electron chi connectivity index (χ0n) is 22.7. The molecule has 2 aromatic rings. The number of hydrogen-bond acceptors (Lipinski definition) is 5. The Labute approximate surface area is 222 Å². The molecule has 2 rings (SSSR count). The van der Waals surface area contributed by atoms with Crippen LogP contribution in [0.5, 0.6) is 5.75 Å². The van der Waals surface area contributed by atoms with Gasteiger partial charge >= 0.3 is 0 Å². The van der Waals surface area contributed by atoms with Gasteiger partial charge in [-0.2, -0.15) is 0 Å². The van der Waals surface area contributed by atoms with E-state index < -0.39 is 16.1 Å². The molecule has 8 nitrogen and oxygen atoms in total. The molecule has 0 aliphatic heterocycles. The van der Waals surface area contributed by atoms with E-state index in [-0.39, 0.29) is 24.8 Å². The smallest absolute Gasteiger partial charge is 0.242 e. The molecule has 1 N–H and O–H groups in total. The van der Waals surface area contributed by atoms with Gasteiger partial charge in [0.1, 0.15) is 11.8 Å². The van der Waals surface area contributed by atoms with Gasteiger partial charge in [0.25, 0.3) is 0 Å². The standard InChI is InChI=1S/C28H41N3O5S/c1-6-8-18-29-28(33)26(7-2)30(21-23-16-14-22(3)15-17-23)27(32)13-10-19-31(37(5,34)35)24-11-9-12-25(20-24)36-4/h9,11-12,14-17,20,26H,6-8,10,13,18-19,21H2,1-5H3,(H,29,33)/t26-/m1/s1. The van der Waals surface area contributed by atoms with Crippen LogP contribution in [-0.4, -0.2) is 57.6 Å². The van der Waals surface area contributed by atoms with Gasteiger partial charge in [-0.3, -0.25) is 13.9 Å². The molecule has 9 heteroatoms. The van der Waals surface area contributed by atoms with Crippen molar-refractivity contribution in [3.63, 3.8) is 0 Å². The Morgan fingerprint density at radius 2 is 1.76 bits per heavy atom. The molecule has 0 unspecified atom stereocenters. The molecule has 0 aliphatic carbocycles. The second kappa shape index (κ2) is 14.6. The maximum absolute atomic E-state index is 13.5. The quantitative estimate of drug-likeness (QED) is 0.346. The zero-order valence-corrected chi connectivity index (χ0v) is 23.5. The van der Waals surface area contributed by atoms with Crippen molar-refractivity contribution in [2.75, 3.05) is 30.8 Å². The van der Waals surface area contributed by atoms with E-state index in [1.54, 1.807) is 29.2 Å². The maximum atomic E-state index is 13.5. The van der Waals surface area contributed by atoms with Crippen LogP contribution in [0.25, 0.3) is 0 Å². The summed E-state index contributed by atoms with van der Waals surface area (Å²) in [7, 11) is -2.05. The summed E-state index contributed by atoms with van der Waals surface area (Å²) in [6, 6.07) is 14.1. The Balaban J connectivity index is 2.20. The van der Waals surface area contributed by atoms with Gasteiger partial charge in [0.2, 0.25) is 21.8 Å². The molecule has 0 heterocycles. The number of unbranched alkanes of at least 4 members (excludes halogenated alkanes) is 1. The van der Waals surface area contributed by atoms with Crippen LogP contribution in [0.15, 0.2) is 48.5 Å². The van der Waals surface area contributed by atoms with Gasteiger partial charge in [0, 0.05) is 32.1 Å². The summed E-state index contributed by atoms with van der Waals surface area (Å²) in [5, 5.41) is 2.96. The summed E-state index contributed by atoms with van der Waals surface area (Å²) in [5.74, 6) is 0.203. The van der Waals surface area contributed by atoms with Gasteiger partial charge in [-0.1, -0.05) is 56.2 Å². The second-order valence-electron chi connectivity index (χ2n) is 9.22. The molecule has 37 heavy (non-hydrogen) atoms. The molecule has 0 bridgehead atoms. The summed E-state index contributed by atoms with van der Waals surface area (Å²) in [4.78, 5) is 28.1. The fourth-order valence-corrected chi connectivity index (χ4v) is 5.04. The second-order valence-corrected chi connectivity index (χ2v) is 11.1. The number of methoxy groups -OCH3 is 1.